The quantitative estimate of drug-likeness (QED) is 0.492. The molecule has 0 spiro atoms. The molecule has 2 N–H and O–H groups in total. The third-order valence-corrected chi connectivity index (χ3v) is 5.90. The first kappa shape index (κ1) is 26.8. The van der Waals surface area contributed by atoms with Gasteiger partial charge in [-0.2, -0.15) is 0 Å². The van der Waals surface area contributed by atoms with E-state index in [0.29, 0.717) is 47.2 Å². The van der Waals surface area contributed by atoms with E-state index in [0.717, 1.165) is 11.1 Å². The van der Waals surface area contributed by atoms with Crippen LogP contribution in [0.15, 0.2) is 24.3 Å². The molecule has 8 heteroatoms. The van der Waals surface area contributed by atoms with Crippen molar-refractivity contribution < 1.29 is 28.5 Å². The molecule has 0 aliphatic rings. The van der Waals surface area contributed by atoms with Crippen molar-refractivity contribution in [2.75, 3.05) is 39.1 Å². The summed E-state index contributed by atoms with van der Waals surface area (Å²) in [7, 11) is 6.31. The number of amides is 2. The number of hydrogen-bond donors (Lipinski definition) is 2. The highest BCUT2D eigenvalue weighted by atomic mass is 16.5. The second kappa shape index (κ2) is 12.2. The molecule has 0 saturated heterocycles. The van der Waals surface area contributed by atoms with Crippen LogP contribution in [-0.2, 0) is 22.4 Å². The first-order valence-corrected chi connectivity index (χ1v) is 11.2. The summed E-state index contributed by atoms with van der Waals surface area (Å²) < 4.78 is 21.7. The van der Waals surface area contributed by atoms with Crippen LogP contribution in [-0.4, -0.2) is 40.3 Å². The Bertz CT molecular complexity index is 939. The highest BCUT2D eigenvalue weighted by molar-refractivity contribution is 5.90. The second-order valence-electron chi connectivity index (χ2n) is 8.45. The van der Waals surface area contributed by atoms with E-state index in [1.54, 1.807) is 40.6 Å². The molecule has 8 nitrogen and oxygen atoms in total. The fourth-order valence-electron chi connectivity index (χ4n) is 3.89. The zero-order valence-electron chi connectivity index (χ0n) is 21.3. The number of carbonyl (C=O) groups excluding carboxylic acids is 2. The van der Waals surface area contributed by atoms with Crippen LogP contribution >= 0.6 is 0 Å². The maximum absolute atomic E-state index is 11.8. The van der Waals surface area contributed by atoms with Gasteiger partial charge in [-0.05, 0) is 47.9 Å². The van der Waals surface area contributed by atoms with Crippen molar-refractivity contribution in [3.8, 4) is 23.0 Å². The van der Waals surface area contributed by atoms with Gasteiger partial charge < -0.3 is 29.6 Å². The van der Waals surface area contributed by atoms with Crippen molar-refractivity contribution in [2.24, 2.45) is 11.8 Å². The van der Waals surface area contributed by atoms with Crippen LogP contribution in [0.25, 0.3) is 0 Å². The van der Waals surface area contributed by atoms with Crippen molar-refractivity contribution in [3.63, 3.8) is 0 Å². The molecule has 0 fully saturated rings. The Kier molecular flexibility index (Phi) is 9.59. The van der Waals surface area contributed by atoms with Crippen LogP contribution in [0, 0.1) is 11.8 Å². The molecule has 0 radical (unpaired) electrons. The molecule has 186 valence electrons. The summed E-state index contributed by atoms with van der Waals surface area (Å²) in [4.78, 5) is 23.6. The summed E-state index contributed by atoms with van der Waals surface area (Å²) in [6, 6.07) is 7.39. The van der Waals surface area contributed by atoms with E-state index in [9.17, 15) is 9.59 Å². The van der Waals surface area contributed by atoms with Gasteiger partial charge in [0.25, 0.3) is 0 Å². The van der Waals surface area contributed by atoms with Crippen LogP contribution in [0.2, 0.25) is 0 Å². The van der Waals surface area contributed by atoms with Gasteiger partial charge in [-0.25, -0.2) is 0 Å². The minimum absolute atomic E-state index is 0.153. The zero-order valence-corrected chi connectivity index (χ0v) is 21.3. The summed E-state index contributed by atoms with van der Waals surface area (Å²) in [5.74, 6) is 2.51. The maximum Gasteiger partial charge on any atom is 0.221 e. The predicted octanol–water partition coefficient (Wildman–Crippen LogP) is 4.70. The first-order chi connectivity index (χ1) is 16.1. The molecule has 2 atom stereocenters. The molecular weight excluding hydrogens is 436 g/mol. The van der Waals surface area contributed by atoms with Crippen molar-refractivity contribution in [1.29, 1.82) is 0 Å². The van der Waals surface area contributed by atoms with Crippen molar-refractivity contribution in [2.45, 2.75) is 40.5 Å². The number of methoxy groups -OCH3 is 4. The summed E-state index contributed by atoms with van der Waals surface area (Å²) in [6.45, 7) is 7.29. The Morgan fingerprint density at radius 2 is 0.941 bits per heavy atom. The lowest BCUT2D eigenvalue weighted by molar-refractivity contribution is -0.115. The Labute approximate surface area is 201 Å². The van der Waals surface area contributed by atoms with Crippen molar-refractivity contribution in [1.82, 2.24) is 0 Å². The molecule has 0 aromatic heterocycles. The van der Waals surface area contributed by atoms with Gasteiger partial charge in [-0.1, -0.05) is 13.8 Å². The zero-order chi connectivity index (χ0) is 25.4. The monoisotopic (exact) mass is 472 g/mol. The van der Waals surface area contributed by atoms with E-state index in [4.69, 9.17) is 18.9 Å². The normalized spacial score (nSPS) is 12.4. The minimum Gasteiger partial charge on any atom is -0.493 e. The number of nitrogens with one attached hydrogen (secondary N) is 2. The number of rotatable bonds is 11. The molecule has 0 unspecified atom stereocenters. The Balaban J connectivity index is 2.34. The second-order valence-corrected chi connectivity index (χ2v) is 8.45. The van der Waals surface area contributed by atoms with Crippen LogP contribution in [0.3, 0.4) is 0 Å². The fourth-order valence-corrected chi connectivity index (χ4v) is 3.89. The van der Waals surface area contributed by atoms with E-state index < -0.39 is 0 Å². The number of anilines is 2. The summed E-state index contributed by atoms with van der Waals surface area (Å²) >= 11 is 0. The van der Waals surface area contributed by atoms with Gasteiger partial charge in [0.15, 0.2) is 23.0 Å². The standard InChI is InChI=1S/C26H36N2O6/c1-15(9-19-11-23(31-5)25(33-7)13-21(19)27-17(3)29)16(2)10-20-12-24(32-6)26(34-8)14-22(20)28-18(4)30/h11-16H,9-10H2,1-8H3,(H,27,29)(H,28,30)/t15-,16+. The van der Waals surface area contributed by atoms with E-state index in [-0.39, 0.29) is 23.7 Å². The smallest absolute Gasteiger partial charge is 0.221 e. The summed E-state index contributed by atoms with van der Waals surface area (Å²) in [5.41, 5.74) is 3.33. The Morgan fingerprint density at radius 3 is 1.21 bits per heavy atom. The van der Waals surface area contributed by atoms with Gasteiger partial charge in [0.1, 0.15) is 0 Å². The van der Waals surface area contributed by atoms with Gasteiger partial charge in [-0.15, -0.1) is 0 Å². The van der Waals surface area contributed by atoms with E-state index in [1.807, 2.05) is 12.1 Å². The van der Waals surface area contributed by atoms with Crippen molar-refractivity contribution >= 4 is 23.2 Å². The van der Waals surface area contributed by atoms with Gasteiger partial charge in [0.2, 0.25) is 11.8 Å². The Hall–Kier alpha value is -3.42. The fraction of sp³-hybridized carbons (Fsp3) is 0.462. The lowest BCUT2D eigenvalue weighted by Gasteiger charge is -2.24. The SMILES string of the molecule is COc1cc(C[C@@H](C)[C@@H](C)Cc2cc(OC)c(OC)cc2NC(C)=O)c(NC(C)=O)cc1OC. The van der Waals surface area contributed by atoms with E-state index in [2.05, 4.69) is 24.5 Å². The maximum atomic E-state index is 11.8. The third kappa shape index (κ3) is 6.79. The first-order valence-electron chi connectivity index (χ1n) is 11.2. The number of ether oxygens (including phenoxy) is 4. The number of benzene rings is 2. The molecule has 2 rings (SSSR count). The van der Waals surface area contributed by atoms with Crippen molar-refractivity contribution in [3.05, 3.63) is 35.4 Å². The lowest BCUT2D eigenvalue weighted by Crippen LogP contribution is -2.17. The molecular formula is C26H36N2O6. The van der Waals surface area contributed by atoms with Crippen LogP contribution in [0.1, 0.15) is 38.8 Å². The average Bonchev–Trinajstić information content (AvgIpc) is 2.79. The molecule has 0 aliphatic heterocycles. The molecule has 0 aliphatic carbocycles. The number of carbonyl (C=O) groups is 2. The van der Waals surface area contributed by atoms with E-state index in [1.165, 1.54) is 13.8 Å². The number of hydrogen-bond acceptors (Lipinski definition) is 6. The lowest BCUT2D eigenvalue weighted by atomic mass is 9.84. The molecule has 0 bridgehead atoms. The predicted molar refractivity (Wildman–Crippen MR) is 133 cm³/mol. The van der Waals surface area contributed by atoms with Gasteiger partial charge in [0.05, 0.1) is 28.4 Å². The Morgan fingerprint density at radius 1 is 0.647 bits per heavy atom. The minimum atomic E-state index is -0.153. The van der Waals surface area contributed by atoms with Gasteiger partial charge in [0, 0.05) is 37.4 Å². The largest absolute Gasteiger partial charge is 0.493 e. The molecule has 2 aromatic carbocycles. The molecule has 2 amide bonds. The molecule has 2 aromatic rings. The third-order valence-electron chi connectivity index (χ3n) is 5.90. The highest BCUT2D eigenvalue weighted by Crippen LogP contribution is 2.38. The molecule has 34 heavy (non-hydrogen) atoms. The van der Waals surface area contributed by atoms with Crippen LogP contribution in [0.5, 0.6) is 23.0 Å². The van der Waals surface area contributed by atoms with Gasteiger partial charge >= 0.3 is 0 Å². The van der Waals surface area contributed by atoms with Gasteiger partial charge in [-0.3, -0.25) is 9.59 Å². The topological polar surface area (TPSA) is 95.1 Å². The van der Waals surface area contributed by atoms with E-state index >= 15 is 0 Å². The highest BCUT2D eigenvalue weighted by Gasteiger charge is 2.21. The molecule has 0 heterocycles. The average molecular weight is 473 g/mol. The molecule has 0 saturated carbocycles. The van der Waals surface area contributed by atoms with Crippen LogP contribution < -0.4 is 29.6 Å². The summed E-state index contributed by atoms with van der Waals surface area (Å²) in [5, 5.41) is 5.80. The summed E-state index contributed by atoms with van der Waals surface area (Å²) in [6.07, 6.45) is 1.42. The van der Waals surface area contributed by atoms with Crippen LogP contribution in [0.4, 0.5) is 11.4 Å².